The van der Waals surface area contributed by atoms with E-state index in [0.717, 1.165) is 48.8 Å². The van der Waals surface area contributed by atoms with Crippen LogP contribution in [0.4, 0.5) is 0 Å². The van der Waals surface area contributed by atoms with E-state index < -0.39 is 0 Å². The van der Waals surface area contributed by atoms with Gasteiger partial charge >= 0.3 is 0 Å². The van der Waals surface area contributed by atoms with Gasteiger partial charge in [-0.05, 0) is 33.7 Å². The first kappa shape index (κ1) is 25.9. The number of nitrogens with one attached hydrogen (secondary N) is 1. The monoisotopic (exact) mass is 514 g/mol. The first-order valence-corrected chi connectivity index (χ1v) is 13.4. The Bertz CT molecular complexity index is 1270. The van der Waals surface area contributed by atoms with Crippen LogP contribution in [0.2, 0.25) is 0 Å². The number of rotatable bonds is 10. The maximum Gasteiger partial charge on any atom is 0.205 e. The molecule has 0 bridgehead atoms. The van der Waals surface area contributed by atoms with Crippen LogP contribution < -0.4 is 0 Å². The molecule has 5 rings (SSSR count). The Morgan fingerprint density at radius 3 is 2.45 bits per heavy atom. The summed E-state index contributed by atoms with van der Waals surface area (Å²) in [6.45, 7) is 13.2. The zero-order valence-corrected chi connectivity index (χ0v) is 23.0. The highest BCUT2D eigenvalue weighted by Gasteiger charge is 2.38. The van der Waals surface area contributed by atoms with Gasteiger partial charge < -0.3 is 19.4 Å². The van der Waals surface area contributed by atoms with E-state index in [9.17, 15) is 0 Å². The van der Waals surface area contributed by atoms with Gasteiger partial charge in [0.1, 0.15) is 6.17 Å². The molecule has 0 fully saturated rings. The van der Waals surface area contributed by atoms with Crippen LogP contribution in [0.15, 0.2) is 65.4 Å². The molecular formula is C29H38N8O. The Morgan fingerprint density at radius 2 is 1.79 bits per heavy atom. The summed E-state index contributed by atoms with van der Waals surface area (Å²) in [5, 5.41) is 14.6. The molecule has 9 heteroatoms. The van der Waals surface area contributed by atoms with Gasteiger partial charge in [0, 0.05) is 38.5 Å². The van der Waals surface area contributed by atoms with Crippen molar-refractivity contribution in [2.24, 2.45) is 16.8 Å². The number of fused-ring (bicyclic) bond motifs is 1. The summed E-state index contributed by atoms with van der Waals surface area (Å²) in [5.74, 6) is 2.65. The van der Waals surface area contributed by atoms with Gasteiger partial charge in [-0.25, -0.2) is 4.99 Å². The number of aromatic amines is 1. The minimum Gasteiger partial charge on any atom is -0.383 e. The normalized spacial score (nSPS) is 17.3. The molecule has 0 radical (unpaired) electrons. The van der Waals surface area contributed by atoms with Crippen molar-refractivity contribution < 1.29 is 4.74 Å². The van der Waals surface area contributed by atoms with Gasteiger partial charge in [0.15, 0.2) is 5.84 Å². The molecule has 0 saturated carbocycles. The fourth-order valence-corrected chi connectivity index (χ4v) is 5.24. The molecule has 1 N–H and O–H groups in total. The highest BCUT2D eigenvalue weighted by Crippen LogP contribution is 2.34. The van der Waals surface area contributed by atoms with Gasteiger partial charge in [-0.15, -0.1) is 10.2 Å². The summed E-state index contributed by atoms with van der Waals surface area (Å²) in [4.78, 5) is 12.5. The second-order valence-electron chi connectivity index (χ2n) is 10.8. The molecule has 0 spiro atoms. The third kappa shape index (κ3) is 5.43. The van der Waals surface area contributed by atoms with E-state index in [1.54, 1.807) is 7.11 Å². The van der Waals surface area contributed by atoms with Crippen molar-refractivity contribution in [3.05, 3.63) is 66.0 Å². The van der Waals surface area contributed by atoms with Crippen LogP contribution in [0, 0.1) is 11.8 Å². The van der Waals surface area contributed by atoms with Gasteiger partial charge in [0.25, 0.3) is 0 Å². The predicted octanol–water partition coefficient (Wildman–Crippen LogP) is 4.45. The summed E-state index contributed by atoms with van der Waals surface area (Å²) in [6, 6.07) is 17.0. The summed E-state index contributed by atoms with van der Waals surface area (Å²) < 4.78 is 5.42. The molecule has 0 aliphatic carbocycles. The van der Waals surface area contributed by atoms with Crippen molar-refractivity contribution in [2.45, 2.75) is 40.4 Å². The van der Waals surface area contributed by atoms with Crippen molar-refractivity contribution in [3.8, 4) is 22.5 Å². The van der Waals surface area contributed by atoms with E-state index >= 15 is 0 Å². The van der Waals surface area contributed by atoms with E-state index in [0.29, 0.717) is 24.3 Å². The minimum atomic E-state index is 0.0962. The number of aliphatic imine (C=N–C) groups is 1. The van der Waals surface area contributed by atoms with Crippen LogP contribution in [0.1, 0.15) is 33.3 Å². The third-order valence-electron chi connectivity index (χ3n) is 6.96. The molecule has 0 saturated heterocycles. The van der Waals surface area contributed by atoms with E-state index in [1.807, 2.05) is 18.2 Å². The maximum atomic E-state index is 5.42. The minimum absolute atomic E-state index is 0.0962. The lowest BCUT2D eigenvalue weighted by Gasteiger charge is -2.39. The lowest BCUT2D eigenvalue weighted by Crippen LogP contribution is -2.48. The Kier molecular flexibility index (Phi) is 7.74. The molecule has 9 nitrogen and oxygen atoms in total. The van der Waals surface area contributed by atoms with Crippen LogP contribution >= 0.6 is 0 Å². The van der Waals surface area contributed by atoms with Crippen molar-refractivity contribution >= 4 is 5.84 Å². The molecule has 3 heterocycles. The number of hydrogen-bond acceptors (Lipinski definition) is 8. The topological polar surface area (TPSA) is 85.8 Å². The Hall–Kier alpha value is -3.72. The molecule has 1 atom stereocenters. The van der Waals surface area contributed by atoms with Crippen molar-refractivity contribution in [2.75, 3.05) is 33.5 Å². The molecule has 0 amide bonds. The van der Waals surface area contributed by atoms with Crippen LogP contribution in [0.25, 0.3) is 22.5 Å². The van der Waals surface area contributed by atoms with Crippen LogP contribution in [-0.2, 0) is 11.3 Å². The second-order valence-corrected chi connectivity index (χ2v) is 10.8. The SMILES string of the molecule is COCCN1CN(CC(C)C)C=C2C1=NC(C(C)C)N2Cc1ccc(-c2ccccc2-c2nn[nH]n2)cc1. The van der Waals surface area contributed by atoms with Crippen molar-refractivity contribution in [1.29, 1.82) is 0 Å². The molecular weight excluding hydrogens is 476 g/mol. The molecule has 38 heavy (non-hydrogen) atoms. The maximum absolute atomic E-state index is 5.42. The van der Waals surface area contributed by atoms with E-state index in [1.165, 1.54) is 11.3 Å². The number of H-pyrrole nitrogens is 1. The number of benzene rings is 2. The Balaban J connectivity index is 1.42. The zero-order valence-electron chi connectivity index (χ0n) is 23.0. The highest BCUT2D eigenvalue weighted by molar-refractivity contribution is 6.00. The highest BCUT2D eigenvalue weighted by atomic mass is 16.5. The summed E-state index contributed by atoms with van der Waals surface area (Å²) in [6.07, 6.45) is 2.42. The Morgan fingerprint density at radius 1 is 1.03 bits per heavy atom. The van der Waals surface area contributed by atoms with Gasteiger partial charge in [0.2, 0.25) is 5.82 Å². The van der Waals surface area contributed by atoms with Crippen molar-refractivity contribution in [1.82, 2.24) is 35.3 Å². The molecule has 1 unspecified atom stereocenters. The number of hydrogen-bond donors (Lipinski definition) is 1. The number of methoxy groups -OCH3 is 1. The smallest absolute Gasteiger partial charge is 0.205 e. The third-order valence-corrected chi connectivity index (χ3v) is 6.96. The number of ether oxygens (including phenoxy) is 1. The van der Waals surface area contributed by atoms with E-state index in [4.69, 9.17) is 9.73 Å². The summed E-state index contributed by atoms with van der Waals surface area (Å²) in [5.41, 5.74) is 5.62. The standard InChI is InChI=1S/C29H38N8O/c1-20(2)16-35-18-26-29(36(19-35)14-15-38-5)30-28(21(3)4)37(26)17-22-10-12-23(13-11-22)24-8-6-7-9-25(24)27-31-33-34-32-27/h6-13,18,20-21,28H,14-17,19H2,1-5H3,(H,31,32,33,34). The molecule has 2 aromatic carbocycles. The molecule has 2 aliphatic rings. The first-order chi connectivity index (χ1) is 18.4. The van der Waals surface area contributed by atoms with E-state index in [-0.39, 0.29) is 6.17 Å². The van der Waals surface area contributed by atoms with Crippen LogP contribution in [-0.4, -0.2) is 80.8 Å². The predicted molar refractivity (Wildman–Crippen MR) is 150 cm³/mol. The molecule has 2 aliphatic heterocycles. The quantitative estimate of drug-likeness (QED) is 0.428. The van der Waals surface area contributed by atoms with Gasteiger partial charge in [-0.2, -0.15) is 5.21 Å². The Labute approximate surface area is 225 Å². The summed E-state index contributed by atoms with van der Waals surface area (Å²) >= 11 is 0. The van der Waals surface area contributed by atoms with Crippen LogP contribution in [0.5, 0.6) is 0 Å². The fraction of sp³-hybridized carbons (Fsp3) is 0.448. The largest absolute Gasteiger partial charge is 0.383 e. The average Bonchev–Trinajstić information content (AvgIpc) is 3.57. The molecule has 200 valence electrons. The van der Waals surface area contributed by atoms with Gasteiger partial charge in [-0.3, -0.25) is 0 Å². The zero-order chi connectivity index (χ0) is 26.6. The fourth-order valence-electron chi connectivity index (χ4n) is 5.24. The number of nitrogens with zero attached hydrogens (tertiary/aromatic N) is 7. The average molecular weight is 515 g/mol. The number of tetrazole rings is 1. The van der Waals surface area contributed by atoms with Gasteiger partial charge in [0.05, 0.1) is 19.0 Å². The lowest BCUT2D eigenvalue weighted by molar-refractivity contribution is 0.143. The number of aromatic nitrogens is 4. The summed E-state index contributed by atoms with van der Waals surface area (Å²) in [7, 11) is 1.76. The first-order valence-electron chi connectivity index (χ1n) is 13.4. The molecule has 1 aromatic heterocycles. The lowest BCUT2D eigenvalue weighted by atomic mass is 9.98. The van der Waals surface area contributed by atoms with Crippen molar-refractivity contribution in [3.63, 3.8) is 0 Å². The number of amidine groups is 1. The molecule has 3 aromatic rings. The second kappa shape index (κ2) is 11.3. The van der Waals surface area contributed by atoms with Crippen LogP contribution in [0.3, 0.4) is 0 Å². The van der Waals surface area contributed by atoms with E-state index in [2.05, 4.69) is 99.6 Å². The van der Waals surface area contributed by atoms with Gasteiger partial charge in [-0.1, -0.05) is 76.2 Å².